The van der Waals surface area contributed by atoms with Crippen LogP contribution < -0.4 is 5.32 Å². The maximum absolute atomic E-state index is 5.93. The topological polar surface area (TPSA) is 37.8 Å². The van der Waals surface area contributed by atoms with Gasteiger partial charge in [-0.15, -0.1) is 0 Å². The number of benzene rings is 2. The fourth-order valence-electron chi connectivity index (χ4n) is 2.06. The Hall–Kier alpha value is -2.39. The van der Waals surface area contributed by atoms with Crippen LogP contribution in [0.15, 0.2) is 60.7 Å². The molecule has 0 spiro atoms. The molecule has 0 aliphatic rings. The van der Waals surface area contributed by atoms with Crippen molar-refractivity contribution in [2.45, 2.75) is 0 Å². The lowest BCUT2D eigenvalue weighted by molar-refractivity contribution is 1.17. The van der Waals surface area contributed by atoms with Gasteiger partial charge < -0.3 is 5.32 Å². The smallest absolute Gasteiger partial charge is 0.162 e. The van der Waals surface area contributed by atoms with E-state index in [1.54, 1.807) is 0 Å². The Labute approximate surface area is 128 Å². The first kappa shape index (κ1) is 13.6. The van der Waals surface area contributed by atoms with Crippen LogP contribution in [-0.4, -0.2) is 17.0 Å². The molecule has 0 radical (unpaired) electrons. The van der Waals surface area contributed by atoms with E-state index in [-0.39, 0.29) is 0 Å². The van der Waals surface area contributed by atoms with E-state index in [9.17, 15) is 0 Å². The lowest BCUT2D eigenvalue weighted by Gasteiger charge is -2.08. The lowest BCUT2D eigenvalue weighted by atomic mass is 10.1. The Kier molecular flexibility index (Phi) is 3.84. The van der Waals surface area contributed by atoms with Crippen LogP contribution in [0.5, 0.6) is 0 Å². The third kappa shape index (κ3) is 3.03. The van der Waals surface area contributed by atoms with E-state index >= 15 is 0 Å². The highest BCUT2D eigenvalue weighted by Crippen LogP contribution is 2.24. The van der Waals surface area contributed by atoms with Crippen LogP contribution in [0.1, 0.15) is 0 Å². The molecule has 4 heteroatoms. The van der Waals surface area contributed by atoms with E-state index in [2.05, 4.69) is 15.3 Å². The van der Waals surface area contributed by atoms with Gasteiger partial charge in [0.2, 0.25) is 0 Å². The molecule has 3 nitrogen and oxygen atoms in total. The molecule has 1 aromatic heterocycles. The van der Waals surface area contributed by atoms with Crippen LogP contribution in [-0.2, 0) is 0 Å². The number of hydrogen-bond donors (Lipinski definition) is 1. The Balaban J connectivity index is 2.11. The zero-order valence-electron chi connectivity index (χ0n) is 11.5. The minimum Gasteiger partial charge on any atom is -0.373 e. The first-order valence-corrected chi connectivity index (χ1v) is 7.02. The van der Waals surface area contributed by atoms with Gasteiger partial charge in [0.25, 0.3) is 0 Å². The van der Waals surface area contributed by atoms with Crippen LogP contribution in [0.3, 0.4) is 0 Å². The van der Waals surface area contributed by atoms with Crippen molar-refractivity contribution in [2.24, 2.45) is 0 Å². The molecule has 0 unspecified atom stereocenters. The molecule has 1 heterocycles. The molecule has 0 aliphatic heterocycles. The second-order valence-corrected chi connectivity index (χ2v) is 5.02. The van der Waals surface area contributed by atoms with E-state index in [0.717, 1.165) is 22.6 Å². The van der Waals surface area contributed by atoms with Gasteiger partial charge >= 0.3 is 0 Å². The van der Waals surface area contributed by atoms with Crippen LogP contribution in [0, 0.1) is 0 Å². The van der Waals surface area contributed by atoms with Gasteiger partial charge in [-0.25, -0.2) is 9.97 Å². The number of aromatic nitrogens is 2. The highest BCUT2D eigenvalue weighted by molar-refractivity contribution is 6.30. The summed E-state index contributed by atoms with van der Waals surface area (Å²) in [6, 6.07) is 19.5. The number of rotatable bonds is 3. The van der Waals surface area contributed by atoms with Gasteiger partial charge in [-0.3, -0.25) is 0 Å². The number of halogens is 1. The van der Waals surface area contributed by atoms with Gasteiger partial charge in [-0.1, -0.05) is 41.9 Å². The first-order chi connectivity index (χ1) is 10.3. The number of nitrogens with one attached hydrogen (secondary N) is 1. The molecule has 0 aliphatic carbocycles. The molecule has 3 rings (SSSR count). The van der Waals surface area contributed by atoms with Crippen molar-refractivity contribution in [1.29, 1.82) is 0 Å². The monoisotopic (exact) mass is 295 g/mol. The number of anilines is 1. The second-order valence-electron chi connectivity index (χ2n) is 4.58. The molecule has 1 N–H and O–H groups in total. The molecule has 21 heavy (non-hydrogen) atoms. The van der Waals surface area contributed by atoms with Crippen molar-refractivity contribution < 1.29 is 0 Å². The molecule has 0 amide bonds. The molecule has 104 valence electrons. The standard InChI is InChI=1S/C17H14ClN3/c1-19-16-11-15(12-5-3-2-4-6-12)20-17(21-16)13-7-9-14(18)10-8-13/h2-11H,1H3,(H,19,20,21). The van der Waals surface area contributed by atoms with Gasteiger partial charge in [0.1, 0.15) is 5.82 Å². The van der Waals surface area contributed by atoms with Crippen LogP contribution in [0.4, 0.5) is 5.82 Å². The van der Waals surface area contributed by atoms with E-state index in [1.807, 2.05) is 67.7 Å². The van der Waals surface area contributed by atoms with E-state index in [4.69, 9.17) is 11.6 Å². The van der Waals surface area contributed by atoms with Gasteiger partial charge in [-0.2, -0.15) is 0 Å². The summed E-state index contributed by atoms with van der Waals surface area (Å²) in [5, 5.41) is 3.78. The summed E-state index contributed by atoms with van der Waals surface area (Å²) < 4.78 is 0. The highest BCUT2D eigenvalue weighted by atomic mass is 35.5. The molecular formula is C17H14ClN3. The predicted octanol–water partition coefficient (Wildman–Crippen LogP) is 4.51. The maximum Gasteiger partial charge on any atom is 0.162 e. The minimum atomic E-state index is 0.678. The van der Waals surface area contributed by atoms with Crippen molar-refractivity contribution in [2.75, 3.05) is 12.4 Å². The minimum absolute atomic E-state index is 0.678. The molecular weight excluding hydrogens is 282 g/mol. The lowest BCUT2D eigenvalue weighted by Crippen LogP contribution is -1.98. The van der Waals surface area contributed by atoms with Gasteiger partial charge in [0.05, 0.1) is 5.69 Å². The van der Waals surface area contributed by atoms with Crippen LogP contribution in [0.25, 0.3) is 22.6 Å². The van der Waals surface area contributed by atoms with E-state index < -0.39 is 0 Å². The third-order valence-electron chi connectivity index (χ3n) is 3.15. The molecule has 0 atom stereocenters. The molecule has 0 bridgehead atoms. The zero-order chi connectivity index (χ0) is 14.7. The summed E-state index contributed by atoms with van der Waals surface area (Å²) in [7, 11) is 1.85. The summed E-state index contributed by atoms with van der Waals surface area (Å²) in [4.78, 5) is 9.17. The summed E-state index contributed by atoms with van der Waals surface area (Å²) in [5.74, 6) is 1.46. The molecule has 0 saturated carbocycles. The maximum atomic E-state index is 5.93. The first-order valence-electron chi connectivity index (χ1n) is 6.64. The van der Waals surface area contributed by atoms with E-state index in [1.165, 1.54) is 0 Å². The fraction of sp³-hybridized carbons (Fsp3) is 0.0588. The van der Waals surface area contributed by atoms with Gasteiger partial charge in [-0.05, 0) is 24.3 Å². The quantitative estimate of drug-likeness (QED) is 0.773. The van der Waals surface area contributed by atoms with Gasteiger partial charge in [0, 0.05) is 29.3 Å². The highest BCUT2D eigenvalue weighted by Gasteiger charge is 2.08. The van der Waals surface area contributed by atoms with Crippen molar-refractivity contribution >= 4 is 17.4 Å². The Morgan fingerprint density at radius 3 is 2.24 bits per heavy atom. The molecule has 3 aromatic rings. The Morgan fingerprint density at radius 2 is 1.57 bits per heavy atom. The normalized spacial score (nSPS) is 10.4. The summed E-state index contributed by atoms with van der Waals surface area (Å²) in [6.07, 6.45) is 0. The average molecular weight is 296 g/mol. The fourth-order valence-corrected chi connectivity index (χ4v) is 2.19. The summed E-state index contributed by atoms with van der Waals surface area (Å²) in [6.45, 7) is 0. The molecule has 0 saturated heterocycles. The van der Waals surface area contributed by atoms with Crippen LogP contribution >= 0.6 is 11.6 Å². The van der Waals surface area contributed by atoms with Crippen molar-refractivity contribution in [3.8, 4) is 22.6 Å². The van der Waals surface area contributed by atoms with Gasteiger partial charge in [0.15, 0.2) is 5.82 Å². The zero-order valence-corrected chi connectivity index (χ0v) is 12.3. The molecule has 2 aromatic carbocycles. The SMILES string of the molecule is CNc1cc(-c2ccccc2)nc(-c2ccc(Cl)cc2)n1. The van der Waals surface area contributed by atoms with E-state index in [0.29, 0.717) is 10.8 Å². The second kappa shape index (κ2) is 5.94. The van der Waals surface area contributed by atoms with Crippen molar-refractivity contribution in [3.05, 3.63) is 65.7 Å². The molecule has 0 fully saturated rings. The van der Waals surface area contributed by atoms with Crippen molar-refractivity contribution in [3.63, 3.8) is 0 Å². The Morgan fingerprint density at radius 1 is 0.857 bits per heavy atom. The van der Waals surface area contributed by atoms with Crippen molar-refractivity contribution in [1.82, 2.24) is 9.97 Å². The van der Waals surface area contributed by atoms with Crippen LogP contribution in [0.2, 0.25) is 5.02 Å². The predicted molar refractivity (Wildman–Crippen MR) is 87.5 cm³/mol. The Bertz CT molecular complexity index is 740. The average Bonchev–Trinajstić information content (AvgIpc) is 2.56. The number of nitrogens with zero attached hydrogens (tertiary/aromatic N) is 2. The third-order valence-corrected chi connectivity index (χ3v) is 3.41. The summed E-state index contributed by atoms with van der Waals surface area (Å²) >= 11 is 5.93. The number of hydrogen-bond acceptors (Lipinski definition) is 3. The largest absolute Gasteiger partial charge is 0.373 e. The summed E-state index contributed by atoms with van der Waals surface area (Å²) in [5.41, 5.74) is 2.89.